The number of carboxylic acids is 1. The normalized spacial score (nSPS) is 17.3. The van der Waals surface area contributed by atoms with E-state index in [0.717, 1.165) is 22.2 Å². The second kappa shape index (κ2) is 6.94. The lowest BCUT2D eigenvalue weighted by Gasteiger charge is -2.27. The Balaban J connectivity index is 1.96. The van der Waals surface area contributed by atoms with Crippen molar-refractivity contribution < 1.29 is 19.7 Å². The van der Waals surface area contributed by atoms with Gasteiger partial charge in [0.2, 0.25) is 0 Å². The van der Waals surface area contributed by atoms with Gasteiger partial charge in [-0.2, -0.15) is 0 Å². The first-order valence-corrected chi connectivity index (χ1v) is 8.29. The van der Waals surface area contributed by atoms with Gasteiger partial charge in [-0.25, -0.2) is 4.98 Å². The Morgan fingerprint density at radius 2 is 2.00 bits per heavy atom. The third kappa shape index (κ3) is 3.22. The van der Waals surface area contributed by atoms with Gasteiger partial charge in [-0.15, -0.1) is 0 Å². The van der Waals surface area contributed by atoms with Crippen molar-refractivity contribution in [2.75, 3.05) is 0 Å². The first-order chi connectivity index (χ1) is 11.6. The van der Waals surface area contributed by atoms with Crippen LogP contribution in [0.2, 0.25) is 0 Å². The van der Waals surface area contributed by atoms with Crippen LogP contribution in [0.5, 0.6) is 0 Å². The van der Waals surface area contributed by atoms with E-state index in [4.69, 9.17) is 12.2 Å². The molecule has 7 heteroatoms. The number of amides is 1. The fraction of sp³-hybridized carbons (Fsp3) is 0.0588. The van der Waals surface area contributed by atoms with Crippen molar-refractivity contribution in [3.8, 4) is 0 Å². The highest BCUT2D eigenvalue weighted by Gasteiger charge is 2.38. The first-order valence-electron chi connectivity index (χ1n) is 7.07. The van der Waals surface area contributed by atoms with E-state index in [0.29, 0.717) is 10.5 Å². The number of aromatic amines is 1. The molecule has 1 aliphatic rings. The number of hydrogen-bond donors (Lipinski definition) is 0. The first kappa shape index (κ1) is 16.4. The molecule has 1 atom stereocenters. The van der Waals surface area contributed by atoms with Crippen LogP contribution >= 0.6 is 24.0 Å². The Hall–Kier alpha value is -2.51. The lowest BCUT2D eigenvalue weighted by atomic mass is 10.1. The summed E-state index contributed by atoms with van der Waals surface area (Å²) in [5, 5.41) is 11.6. The second-order valence-corrected chi connectivity index (χ2v) is 6.70. The fourth-order valence-electron chi connectivity index (χ4n) is 2.38. The van der Waals surface area contributed by atoms with E-state index in [1.54, 1.807) is 54.9 Å². The number of H-pyrrole nitrogens is 1. The maximum atomic E-state index is 12.7. The van der Waals surface area contributed by atoms with Crippen LogP contribution in [-0.4, -0.2) is 21.1 Å². The molecule has 3 rings (SSSR count). The maximum Gasteiger partial charge on any atom is 0.267 e. The Labute approximate surface area is 148 Å². The molecule has 0 radical (unpaired) electrons. The van der Waals surface area contributed by atoms with Gasteiger partial charge in [0.1, 0.15) is 10.4 Å². The summed E-state index contributed by atoms with van der Waals surface area (Å²) in [6.07, 6.45) is 5.16. The third-order valence-corrected chi connectivity index (χ3v) is 4.78. The molecule has 1 fully saturated rings. The largest absolute Gasteiger partial charge is 0.547 e. The van der Waals surface area contributed by atoms with Gasteiger partial charge in [0.25, 0.3) is 5.91 Å². The third-order valence-electron chi connectivity index (χ3n) is 3.45. The molecule has 1 unspecified atom stereocenters. The lowest BCUT2D eigenvalue weighted by molar-refractivity contribution is -0.378. The zero-order valence-corrected chi connectivity index (χ0v) is 14.0. The van der Waals surface area contributed by atoms with Crippen molar-refractivity contribution in [2.45, 2.75) is 6.04 Å². The average molecular weight is 356 g/mol. The summed E-state index contributed by atoms with van der Waals surface area (Å²) in [5.41, 5.74) is 1.24. The van der Waals surface area contributed by atoms with Crippen molar-refractivity contribution in [1.82, 2.24) is 4.90 Å². The van der Waals surface area contributed by atoms with Crippen LogP contribution in [0.3, 0.4) is 0 Å². The molecular formula is C17H12N2O3S2. The molecule has 0 bridgehead atoms. The van der Waals surface area contributed by atoms with E-state index in [9.17, 15) is 14.7 Å². The summed E-state index contributed by atoms with van der Waals surface area (Å²) < 4.78 is 0.198. The highest BCUT2D eigenvalue weighted by molar-refractivity contribution is 8.26. The number of pyridine rings is 1. The van der Waals surface area contributed by atoms with Crippen molar-refractivity contribution in [3.05, 3.63) is 70.9 Å². The summed E-state index contributed by atoms with van der Waals surface area (Å²) in [4.78, 5) is 28.7. The molecular weight excluding hydrogens is 344 g/mol. The number of nitrogens with zero attached hydrogens (tertiary/aromatic N) is 1. The van der Waals surface area contributed by atoms with Crippen LogP contribution in [0.1, 0.15) is 17.2 Å². The summed E-state index contributed by atoms with van der Waals surface area (Å²) in [5.74, 6) is -1.81. The molecule has 1 amide bonds. The zero-order chi connectivity index (χ0) is 17.1. The van der Waals surface area contributed by atoms with Crippen molar-refractivity contribution >= 4 is 46.3 Å². The number of carbonyl (C=O) groups is 2. The lowest BCUT2D eigenvalue weighted by Crippen LogP contribution is -2.43. The Bertz CT molecular complexity index is 822. The highest BCUT2D eigenvalue weighted by Crippen LogP contribution is 2.37. The number of rotatable bonds is 4. The molecule has 2 heterocycles. The highest BCUT2D eigenvalue weighted by atomic mass is 32.2. The van der Waals surface area contributed by atoms with Gasteiger partial charge in [0.05, 0.1) is 10.9 Å². The van der Waals surface area contributed by atoms with Crippen molar-refractivity contribution in [2.24, 2.45) is 0 Å². The van der Waals surface area contributed by atoms with Gasteiger partial charge >= 0.3 is 0 Å². The molecule has 0 spiro atoms. The summed E-state index contributed by atoms with van der Waals surface area (Å²) in [6.45, 7) is 0. The van der Waals surface area contributed by atoms with Gasteiger partial charge in [-0.3, -0.25) is 9.69 Å². The quantitative estimate of drug-likeness (QED) is 0.608. The zero-order valence-electron chi connectivity index (χ0n) is 12.3. The van der Waals surface area contributed by atoms with E-state index >= 15 is 0 Å². The Kier molecular flexibility index (Phi) is 4.73. The Morgan fingerprint density at radius 1 is 1.25 bits per heavy atom. The molecule has 1 aromatic heterocycles. The van der Waals surface area contributed by atoms with Crippen molar-refractivity contribution in [3.63, 3.8) is 0 Å². The van der Waals surface area contributed by atoms with E-state index in [2.05, 4.69) is 4.98 Å². The van der Waals surface area contributed by atoms with Crippen LogP contribution in [0, 0.1) is 0 Å². The van der Waals surface area contributed by atoms with E-state index < -0.39 is 17.9 Å². The number of thioether (sulfide) groups is 1. The van der Waals surface area contributed by atoms with Crippen molar-refractivity contribution in [1.29, 1.82) is 0 Å². The van der Waals surface area contributed by atoms with Gasteiger partial charge in [0, 0.05) is 11.6 Å². The Morgan fingerprint density at radius 3 is 2.62 bits per heavy atom. The standard InChI is InChI=1S/C17H12N2O3S2/c20-15-13(9-11-5-4-8-18-10-11)24-17(23)19(15)14(16(21)22)12-6-2-1-3-7-12/h1-10,14H,(H,21,22)/b13-9-. The molecule has 0 aliphatic carbocycles. The molecule has 2 aromatic rings. The number of carbonyl (C=O) groups excluding carboxylic acids is 2. The molecule has 0 saturated carbocycles. The van der Waals surface area contributed by atoms with Gasteiger partial charge in [0.15, 0.2) is 12.4 Å². The van der Waals surface area contributed by atoms with Gasteiger partial charge in [-0.1, -0.05) is 54.3 Å². The minimum Gasteiger partial charge on any atom is -0.547 e. The SMILES string of the molecule is O=C([O-])C(c1ccccc1)N1C(=O)/C(=C/c2ccc[nH+]c2)SC1=S. The predicted molar refractivity (Wildman–Crippen MR) is 92.2 cm³/mol. The smallest absolute Gasteiger partial charge is 0.267 e. The number of aliphatic carboxylic acids is 1. The van der Waals surface area contributed by atoms with Crippen LogP contribution in [-0.2, 0) is 9.59 Å². The molecule has 24 heavy (non-hydrogen) atoms. The summed E-state index contributed by atoms with van der Waals surface area (Å²) >= 11 is 6.32. The fourth-order valence-corrected chi connectivity index (χ4v) is 3.69. The minimum atomic E-state index is -1.37. The summed E-state index contributed by atoms with van der Waals surface area (Å²) in [6, 6.07) is 10.8. The number of nitrogens with one attached hydrogen (secondary N) is 1. The maximum absolute atomic E-state index is 12.7. The van der Waals surface area contributed by atoms with Gasteiger partial charge < -0.3 is 9.90 Å². The topological polar surface area (TPSA) is 74.6 Å². The minimum absolute atomic E-state index is 0.198. The predicted octanol–water partition coefficient (Wildman–Crippen LogP) is 1.19. The molecule has 1 aromatic carbocycles. The number of hydrogen-bond acceptors (Lipinski definition) is 5. The van der Waals surface area contributed by atoms with Crippen LogP contribution < -0.4 is 10.1 Å². The average Bonchev–Trinajstić information content (AvgIpc) is 2.85. The van der Waals surface area contributed by atoms with E-state index in [1.807, 2.05) is 6.07 Å². The second-order valence-electron chi connectivity index (χ2n) is 5.02. The monoisotopic (exact) mass is 356 g/mol. The van der Waals surface area contributed by atoms with Crippen LogP contribution in [0.25, 0.3) is 6.08 Å². The molecule has 5 nitrogen and oxygen atoms in total. The summed E-state index contributed by atoms with van der Waals surface area (Å²) in [7, 11) is 0. The van der Waals surface area contributed by atoms with Crippen LogP contribution in [0.4, 0.5) is 0 Å². The van der Waals surface area contributed by atoms with Crippen LogP contribution in [0.15, 0.2) is 59.8 Å². The molecule has 120 valence electrons. The van der Waals surface area contributed by atoms with Gasteiger partial charge in [-0.05, 0) is 17.7 Å². The number of benzene rings is 1. The molecule has 1 aliphatic heterocycles. The number of carboxylic acid groups (broad SMARTS) is 1. The number of aromatic nitrogens is 1. The number of thiocarbonyl (C=S) groups is 1. The molecule has 1 N–H and O–H groups in total. The molecule has 1 saturated heterocycles. The van der Waals surface area contributed by atoms with E-state index in [-0.39, 0.29) is 4.32 Å². The van der Waals surface area contributed by atoms with E-state index in [1.165, 1.54) is 0 Å².